The summed E-state index contributed by atoms with van der Waals surface area (Å²) in [5.41, 5.74) is 26.8. The predicted octanol–water partition coefficient (Wildman–Crippen LogP) is -0.509. The summed E-state index contributed by atoms with van der Waals surface area (Å²) in [5.74, 6) is -4.31. The molecule has 0 radical (unpaired) electrons. The molecule has 0 saturated heterocycles. The van der Waals surface area contributed by atoms with Crippen LogP contribution < -0.4 is 28.7 Å². The van der Waals surface area contributed by atoms with Gasteiger partial charge in [0.05, 0.1) is 13.1 Å². The third kappa shape index (κ3) is 28.9. The van der Waals surface area contributed by atoms with Crippen LogP contribution in [0.15, 0.2) is 54.6 Å². The van der Waals surface area contributed by atoms with Gasteiger partial charge >= 0.3 is 29.8 Å². The number of rotatable bonds is 11. The van der Waals surface area contributed by atoms with Gasteiger partial charge in [0.25, 0.3) is 0 Å². The number of carboxylic acid groups (broad SMARTS) is 5. The molecule has 0 bridgehead atoms. The summed E-state index contributed by atoms with van der Waals surface area (Å²) in [5, 5.41) is 49.5. The molecule has 0 aliphatic rings. The summed E-state index contributed by atoms with van der Waals surface area (Å²) in [6.45, 7) is 3.34. The fourth-order valence-electron chi connectivity index (χ4n) is 2.54. The summed E-state index contributed by atoms with van der Waals surface area (Å²) in [4.78, 5) is 49.4. The number of carboxylic acids is 5. The van der Waals surface area contributed by atoms with E-state index >= 15 is 0 Å². The van der Waals surface area contributed by atoms with Gasteiger partial charge < -0.3 is 59.3 Å². The van der Waals surface area contributed by atoms with Crippen molar-refractivity contribution >= 4 is 29.8 Å². The van der Waals surface area contributed by atoms with Crippen LogP contribution >= 0.6 is 0 Å². The second kappa shape index (κ2) is 26.1. The highest BCUT2D eigenvalue weighted by Gasteiger charge is 2.13. The number of phenols is 1. The number of carbonyl (C=O) groups is 5. The number of benzene rings is 2. The molecule has 0 aliphatic carbocycles. The third-order valence-electron chi connectivity index (χ3n) is 4.72. The smallest absolute Gasteiger partial charge is 0.320 e. The van der Waals surface area contributed by atoms with Gasteiger partial charge in [0, 0.05) is 0 Å². The van der Waals surface area contributed by atoms with Crippen LogP contribution in [-0.2, 0) is 36.8 Å². The van der Waals surface area contributed by atoms with Crippen LogP contribution in [0.1, 0.15) is 31.4 Å². The number of hydrogen-bond donors (Lipinski definition) is 11. The van der Waals surface area contributed by atoms with E-state index in [2.05, 4.69) is 11.5 Å². The molecule has 0 amide bonds. The lowest BCUT2D eigenvalue weighted by Crippen LogP contribution is -2.32. The highest BCUT2D eigenvalue weighted by atomic mass is 16.4. The Labute approximate surface area is 255 Å². The molecule has 2 aromatic rings. The Morgan fingerprint density at radius 3 is 1.16 bits per heavy atom. The monoisotopic (exact) mass is 627 g/mol. The molecule has 44 heavy (non-hydrogen) atoms. The van der Waals surface area contributed by atoms with Crippen molar-refractivity contribution in [2.24, 2.45) is 34.6 Å². The van der Waals surface area contributed by atoms with Gasteiger partial charge in [-0.25, -0.2) is 0 Å². The van der Waals surface area contributed by atoms with Gasteiger partial charge in [-0.2, -0.15) is 0 Å². The first-order valence-corrected chi connectivity index (χ1v) is 13.0. The fraction of sp³-hybridized carbons (Fsp3) is 0.393. The minimum absolute atomic E-state index is 0.160. The summed E-state index contributed by atoms with van der Waals surface area (Å²) in [6.07, 6.45) is 1.21. The molecule has 3 unspecified atom stereocenters. The minimum atomic E-state index is -1.02. The molecule has 3 atom stereocenters. The van der Waals surface area contributed by atoms with Crippen molar-refractivity contribution < 1.29 is 54.6 Å². The highest BCUT2D eigenvalue weighted by Crippen LogP contribution is 2.10. The fourth-order valence-corrected chi connectivity index (χ4v) is 2.54. The van der Waals surface area contributed by atoms with E-state index in [0.29, 0.717) is 18.8 Å². The lowest BCUT2D eigenvalue weighted by atomic mass is 10.1. The van der Waals surface area contributed by atoms with E-state index in [1.54, 1.807) is 12.1 Å². The molecule has 2 aromatic carbocycles. The summed E-state index contributed by atoms with van der Waals surface area (Å²) >= 11 is 0. The van der Waals surface area contributed by atoms with E-state index in [9.17, 15) is 24.0 Å². The van der Waals surface area contributed by atoms with Gasteiger partial charge in [0.15, 0.2) is 0 Å². The van der Waals surface area contributed by atoms with Crippen LogP contribution in [0.4, 0.5) is 0 Å². The van der Waals surface area contributed by atoms with Gasteiger partial charge in [0.1, 0.15) is 23.9 Å². The Morgan fingerprint density at radius 2 is 0.909 bits per heavy atom. The molecular formula is C28H45N5O11. The van der Waals surface area contributed by atoms with Crippen molar-refractivity contribution in [1.82, 2.24) is 0 Å². The van der Waals surface area contributed by atoms with Crippen molar-refractivity contribution in [3.63, 3.8) is 0 Å². The average Bonchev–Trinajstić information content (AvgIpc) is 2.95. The van der Waals surface area contributed by atoms with Gasteiger partial charge in [-0.15, -0.1) is 0 Å². The SMILES string of the molecule is CC(C)CC(N)C(=O)O.NC(Cc1ccc(O)cc1)C(=O)O.NC(Cc1ccccc1)C(=O)O.NCC(=O)O.NCC(=O)O. The Hall–Kier alpha value is -4.61. The van der Waals surface area contributed by atoms with Crippen LogP contribution in [0.2, 0.25) is 0 Å². The number of hydrogen-bond acceptors (Lipinski definition) is 11. The maximum absolute atomic E-state index is 10.4. The first-order chi connectivity index (χ1) is 20.4. The average molecular weight is 628 g/mol. The molecule has 16 heteroatoms. The van der Waals surface area contributed by atoms with E-state index in [1.165, 1.54) is 12.1 Å². The Kier molecular flexibility index (Phi) is 26.0. The number of aliphatic carboxylic acids is 5. The maximum Gasteiger partial charge on any atom is 0.320 e. The van der Waals surface area contributed by atoms with Gasteiger partial charge in [-0.05, 0) is 48.4 Å². The van der Waals surface area contributed by atoms with Crippen molar-refractivity contribution in [1.29, 1.82) is 0 Å². The summed E-state index contributed by atoms with van der Waals surface area (Å²) in [7, 11) is 0. The molecule has 2 rings (SSSR count). The Bertz CT molecular complexity index is 1090. The first-order valence-electron chi connectivity index (χ1n) is 13.0. The zero-order valence-corrected chi connectivity index (χ0v) is 24.7. The third-order valence-corrected chi connectivity index (χ3v) is 4.72. The van der Waals surface area contributed by atoms with Crippen molar-refractivity contribution in [3.05, 3.63) is 65.7 Å². The molecular weight excluding hydrogens is 582 g/mol. The molecule has 248 valence electrons. The molecule has 0 aromatic heterocycles. The molecule has 16 N–H and O–H groups in total. The second-order valence-corrected chi connectivity index (χ2v) is 9.22. The Balaban J connectivity index is -0.000000504. The molecule has 0 saturated carbocycles. The molecule has 0 aliphatic heterocycles. The second-order valence-electron chi connectivity index (χ2n) is 9.22. The summed E-state index contributed by atoms with van der Waals surface area (Å²) in [6, 6.07) is 13.3. The van der Waals surface area contributed by atoms with E-state index in [0.717, 1.165) is 11.1 Å². The summed E-state index contributed by atoms with van der Waals surface area (Å²) < 4.78 is 0. The zero-order valence-electron chi connectivity index (χ0n) is 24.7. The van der Waals surface area contributed by atoms with Crippen molar-refractivity contribution in [2.75, 3.05) is 13.1 Å². The van der Waals surface area contributed by atoms with Crippen LogP contribution in [0.25, 0.3) is 0 Å². The minimum Gasteiger partial charge on any atom is -0.508 e. The van der Waals surface area contributed by atoms with Crippen LogP contribution in [-0.4, -0.2) is 91.7 Å². The lowest BCUT2D eigenvalue weighted by molar-refractivity contribution is -0.139. The normalized spacial score (nSPS) is 11.5. The van der Waals surface area contributed by atoms with E-state index in [1.807, 2.05) is 44.2 Å². The van der Waals surface area contributed by atoms with Crippen molar-refractivity contribution in [3.8, 4) is 5.75 Å². The highest BCUT2D eigenvalue weighted by molar-refractivity contribution is 5.74. The van der Waals surface area contributed by atoms with E-state index in [4.69, 9.17) is 47.8 Å². The number of nitrogens with two attached hydrogens (primary N) is 5. The lowest BCUT2D eigenvalue weighted by Gasteiger charge is -2.07. The first kappa shape index (κ1) is 43.8. The predicted molar refractivity (Wildman–Crippen MR) is 162 cm³/mol. The standard InChI is InChI=1S/C9H11NO3.C9H11NO2.C6H13NO2.2C2H5NO2/c10-8(9(12)13)5-6-1-3-7(11)4-2-6;10-8(9(11)12)6-7-4-2-1-3-5-7;1-4(2)3-5(7)6(8)9;2*3-1-2(4)5/h1-4,8,11H,5,10H2,(H,12,13);1-5,8H,6,10H2,(H,11,12);4-5H,3,7H2,1-2H3,(H,8,9);2*1,3H2,(H,4,5). The van der Waals surface area contributed by atoms with Gasteiger partial charge in [-0.1, -0.05) is 56.3 Å². The quantitative estimate of drug-likeness (QED) is 0.149. The van der Waals surface area contributed by atoms with Gasteiger partial charge in [0.2, 0.25) is 0 Å². The topological polar surface area (TPSA) is 337 Å². The molecule has 16 nitrogen and oxygen atoms in total. The van der Waals surface area contributed by atoms with Crippen LogP contribution in [0.3, 0.4) is 0 Å². The zero-order chi connectivity index (χ0) is 34.8. The van der Waals surface area contributed by atoms with E-state index < -0.39 is 48.0 Å². The van der Waals surface area contributed by atoms with E-state index in [-0.39, 0.29) is 25.3 Å². The maximum atomic E-state index is 10.4. The largest absolute Gasteiger partial charge is 0.508 e. The van der Waals surface area contributed by atoms with Crippen molar-refractivity contribution in [2.45, 2.75) is 51.2 Å². The van der Waals surface area contributed by atoms with Gasteiger partial charge in [-0.3, -0.25) is 24.0 Å². The molecule has 0 fully saturated rings. The Morgan fingerprint density at radius 1 is 0.591 bits per heavy atom. The number of aromatic hydroxyl groups is 1. The van der Waals surface area contributed by atoms with Crippen LogP contribution in [0, 0.1) is 5.92 Å². The number of phenolic OH excluding ortho intramolecular Hbond substituents is 1. The molecule has 0 spiro atoms. The van der Waals surface area contributed by atoms with Crippen LogP contribution in [0.5, 0.6) is 5.75 Å². The molecule has 0 heterocycles.